The maximum absolute atomic E-state index is 13.8. The van der Waals surface area contributed by atoms with Crippen LogP contribution in [0.2, 0.25) is 0 Å². The molecule has 0 bridgehead atoms. The van der Waals surface area contributed by atoms with Crippen molar-refractivity contribution in [2.24, 2.45) is 0 Å². The smallest absolute Gasteiger partial charge is 0.322 e. The molecular weight excluding hydrogens is 367 g/mol. The summed E-state index contributed by atoms with van der Waals surface area (Å²) in [7, 11) is 0. The van der Waals surface area contributed by atoms with Gasteiger partial charge in [-0.15, -0.1) is 11.3 Å². The molecule has 1 heterocycles. The Morgan fingerprint density at radius 3 is 2.70 bits per heavy atom. The van der Waals surface area contributed by atoms with Crippen LogP contribution in [0.1, 0.15) is 49.1 Å². The standard InChI is InChI=1S/C19H25FN4O2S/c1-4-5-10-21-18(25)16-12-27-17(22-16)11-24(13(2)3)19(26)23-15-9-7-6-8-14(15)20/h6-9,12-13H,4-5,10-11H2,1-3H3,(H,21,25)(H,23,26). The zero-order valence-corrected chi connectivity index (χ0v) is 16.6. The molecule has 6 nitrogen and oxygen atoms in total. The minimum absolute atomic E-state index is 0.123. The van der Waals surface area contributed by atoms with Crippen molar-refractivity contribution >= 4 is 29.0 Å². The van der Waals surface area contributed by atoms with Gasteiger partial charge in [0.2, 0.25) is 0 Å². The van der Waals surface area contributed by atoms with E-state index in [0.29, 0.717) is 17.2 Å². The Kier molecular flexibility index (Phi) is 7.72. The Labute approximate surface area is 162 Å². The molecule has 2 rings (SSSR count). The first-order valence-corrected chi connectivity index (χ1v) is 9.85. The number of carbonyl (C=O) groups excluding carboxylic acids is 2. The summed E-state index contributed by atoms with van der Waals surface area (Å²) in [6.07, 6.45) is 1.92. The Hall–Kier alpha value is -2.48. The highest BCUT2D eigenvalue weighted by molar-refractivity contribution is 7.09. The second-order valence-corrected chi connectivity index (χ2v) is 7.31. The number of nitrogens with zero attached hydrogens (tertiary/aromatic N) is 2. The van der Waals surface area contributed by atoms with E-state index in [0.717, 1.165) is 12.8 Å². The molecule has 2 aromatic rings. The van der Waals surface area contributed by atoms with E-state index in [1.54, 1.807) is 22.4 Å². The predicted molar refractivity (Wildman–Crippen MR) is 105 cm³/mol. The number of halogens is 1. The molecule has 8 heteroatoms. The molecule has 0 fully saturated rings. The van der Waals surface area contributed by atoms with Crippen molar-refractivity contribution in [3.8, 4) is 0 Å². The van der Waals surface area contributed by atoms with Gasteiger partial charge < -0.3 is 15.5 Å². The molecule has 1 aromatic carbocycles. The van der Waals surface area contributed by atoms with Gasteiger partial charge in [-0.05, 0) is 32.4 Å². The summed E-state index contributed by atoms with van der Waals surface area (Å²) < 4.78 is 13.8. The quantitative estimate of drug-likeness (QED) is 0.660. The minimum Gasteiger partial charge on any atom is -0.351 e. The molecule has 0 radical (unpaired) electrons. The van der Waals surface area contributed by atoms with Crippen LogP contribution in [0.5, 0.6) is 0 Å². The molecule has 0 unspecified atom stereocenters. The number of nitrogens with one attached hydrogen (secondary N) is 2. The number of anilines is 1. The van der Waals surface area contributed by atoms with E-state index in [4.69, 9.17) is 0 Å². The van der Waals surface area contributed by atoms with Crippen LogP contribution >= 0.6 is 11.3 Å². The largest absolute Gasteiger partial charge is 0.351 e. The molecule has 146 valence electrons. The average molecular weight is 393 g/mol. The fourth-order valence-electron chi connectivity index (χ4n) is 2.34. The molecule has 0 aliphatic carbocycles. The van der Waals surface area contributed by atoms with Gasteiger partial charge in [0.15, 0.2) is 0 Å². The van der Waals surface area contributed by atoms with Crippen molar-refractivity contribution in [2.45, 2.75) is 46.2 Å². The lowest BCUT2D eigenvalue weighted by atomic mass is 10.3. The lowest BCUT2D eigenvalue weighted by Crippen LogP contribution is -2.39. The predicted octanol–water partition coefficient (Wildman–Crippen LogP) is 4.25. The SMILES string of the molecule is CCCCNC(=O)c1csc(CN(C(=O)Nc2ccccc2F)C(C)C)n1. The number of benzene rings is 1. The van der Waals surface area contributed by atoms with Gasteiger partial charge in [0.05, 0.1) is 12.2 Å². The monoisotopic (exact) mass is 392 g/mol. The minimum atomic E-state index is -0.491. The van der Waals surface area contributed by atoms with E-state index in [-0.39, 0.29) is 24.2 Å². The Morgan fingerprint density at radius 2 is 2.04 bits per heavy atom. The summed E-state index contributed by atoms with van der Waals surface area (Å²) in [4.78, 5) is 30.5. The van der Waals surface area contributed by atoms with E-state index in [1.807, 2.05) is 13.8 Å². The number of rotatable bonds is 8. The fraction of sp³-hybridized carbons (Fsp3) is 0.421. The van der Waals surface area contributed by atoms with Gasteiger partial charge in [-0.3, -0.25) is 4.79 Å². The summed E-state index contributed by atoms with van der Waals surface area (Å²) in [6.45, 7) is 6.65. The highest BCUT2D eigenvalue weighted by Gasteiger charge is 2.21. The van der Waals surface area contributed by atoms with Crippen molar-refractivity contribution < 1.29 is 14.0 Å². The van der Waals surface area contributed by atoms with E-state index < -0.39 is 11.8 Å². The van der Waals surface area contributed by atoms with Gasteiger partial charge >= 0.3 is 6.03 Å². The molecule has 2 N–H and O–H groups in total. The molecule has 0 saturated heterocycles. The first-order chi connectivity index (χ1) is 12.9. The molecule has 3 amide bonds. The zero-order valence-electron chi connectivity index (χ0n) is 15.8. The Morgan fingerprint density at radius 1 is 1.30 bits per heavy atom. The van der Waals surface area contributed by atoms with Crippen molar-refractivity contribution in [2.75, 3.05) is 11.9 Å². The van der Waals surface area contributed by atoms with Crippen LogP contribution in [0, 0.1) is 5.82 Å². The third-order valence-corrected chi connectivity index (χ3v) is 4.74. The van der Waals surface area contributed by atoms with Crippen LogP contribution < -0.4 is 10.6 Å². The molecular formula is C19H25FN4O2S. The van der Waals surface area contributed by atoms with Crippen molar-refractivity contribution in [3.63, 3.8) is 0 Å². The lowest BCUT2D eigenvalue weighted by molar-refractivity contribution is 0.0948. The molecule has 0 atom stereocenters. The molecule has 0 aliphatic rings. The van der Waals surface area contributed by atoms with Crippen molar-refractivity contribution in [3.05, 3.63) is 46.2 Å². The Bertz CT molecular complexity index is 779. The number of hydrogen-bond donors (Lipinski definition) is 2. The highest BCUT2D eigenvalue weighted by Crippen LogP contribution is 2.17. The van der Waals surface area contributed by atoms with Crippen molar-refractivity contribution in [1.82, 2.24) is 15.2 Å². The number of urea groups is 1. The van der Waals surface area contributed by atoms with Crippen LogP contribution in [0.25, 0.3) is 0 Å². The summed E-state index contributed by atoms with van der Waals surface area (Å²) in [5.41, 5.74) is 0.479. The van der Waals surface area contributed by atoms with Crippen LogP contribution in [0.3, 0.4) is 0 Å². The molecule has 0 saturated carbocycles. The second kappa shape index (κ2) is 10.0. The second-order valence-electron chi connectivity index (χ2n) is 6.37. The van der Waals surface area contributed by atoms with Crippen LogP contribution in [-0.2, 0) is 6.54 Å². The summed E-state index contributed by atoms with van der Waals surface area (Å²) in [6, 6.07) is 5.48. The third-order valence-electron chi connectivity index (χ3n) is 3.91. The van der Waals surface area contributed by atoms with Crippen molar-refractivity contribution in [1.29, 1.82) is 0 Å². The number of carbonyl (C=O) groups is 2. The molecule has 27 heavy (non-hydrogen) atoms. The lowest BCUT2D eigenvalue weighted by Gasteiger charge is -2.26. The van der Waals surface area contributed by atoms with Crippen LogP contribution in [-0.4, -0.2) is 34.4 Å². The number of para-hydroxylation sites is 1. The van der Waals surface area contributed by atoms with Gasteiger partial charge in [0, 0.05) is 18.0 Å². The first kappa shape index (κ1) is 20.8. The van der Waals surface area contributed by atoms with Gasteiger partial charge in [-0.2, -0.15) is 0 Å². The summed E-state index contributed by atoms with van der Waals surface area (Å²) in [5.74, 6) is -0.701. The molecule has 1 aromatic heterocycles. The van der Waals surface area contributed by atoms with E-state index in [9.17, 15) is 14.0 Å². The van der Waals surface area contributed by atoms with Gasteiger partial charge in [-0.1, -0.05) is 25.5 Å². The Balaban J connectivity index is 2.03. The maximum atomic E-state index is 13.8. The fourth-order valence-corrected chi connectivity index (χ4v) is 3.11. The van der Waals surface area contributed by atoms with Gasteiger partial charge in [-0.25, -0.2) is 14.2 Å². The number of hydrogen-bond acceptors (Lipinski definition) is 4. The van der Waals surface area contributed by atoms with Crippen LogP contribution in [0.4, 0.5) is 14.9 Å². The normalized spacial score (nSPS) is 10.7. The zero-order chi connectivity index (χ0) is 19.8. The molecule has 0 aliphatic heterocycles. The number of thiazole rings is 1. The highest BCUT2D eigenvalue weighted by atomic mass is 32.1. The number of amides is 3. The number of aromatic nitrogens is 1. The van der Waals surface area contributed by atoms with E-state index >= 15 is 0 Å². The third kappa shape index (κ3) is 6.02. The number of unbranched alkanes of at least 4 members (excludes halogenated alkanes) is 1. The average Bonchev–Trinajstić information content (AvgIpc) is 3.10. The summed E-state index contributed by atoms with van der Waals surface area (Å²) >= 11 is 1.32. The van der Waals surface area contributed by atoms with E-state index in [1.165, 1.54) is 23.5 Å². The van der Waals surface area contributed by atoms with Gasteiger partial charge in [0.1, 0.15) is 16.5 Å². The maximum Gasteiger partial charge on any atom is 0.322 e. The first-order valence-electron chi connectivity index (χ1n) is 8.97. The summed E-state index contributed by atoms with van der Waals surface area (Å²) in [5, 5.41) is 7.74. The van der Waals surface area contributed by atoms with E-state index in [2.05, 4.69) is 22.5 Å². The topological polar surface area (TPSA) is 74.3 Å². The van der Waals surface area contributed by atoms with Crippen LogP contribution in [0.15, 0.2) is 29.6 Å². The van der Waals surface area contributed by atoms with Gasteiger partial charge in [0.25, 0.3) is 5.91 Å². The molecule has 0 spiro atoms.